The summed E-state index contributed by atoms with van der Waals surface area (Å²) in [6.45, 7) is 7.71. The second-order valence-electron chi connectivity index (χ2n) is 9.32. The maximum absolute atomic E-state index is 13.5. The summed E-state index contributed by atoms with van der Waals surface area (Å²) in [6, 6.07) is 16.9. The Labute approximate surface area is 216 Å². The smallest absolute Gasteiger partial charge is 0.300 e. The SMILES string of the molecule is COc1ccc(/C(O)=C2\C(=O)C(=O)N(c3cc(C)cc(C)c3)C2c2cccc(OC(C)C)c2)c(OC)c1. The molecule has 3 aromatic carbocycles. The van der Waals surface area contributed by atoms with Gasteiger partial charge in [0.15, 0.2) is 0 Å². The summed E-state index contributed by atoms with van der Waals surface area (Å²) in [7, 11) is 2.99. The summed E-state index contributed by atoms with van der Waals surface area (Å²) >= 11 is 0. The highest BCUT2D eigenvalue weighted by molar-refractivity contribution is 6.51. The number of amides is 1. The highest BCUT2D eigenvalue weighted by Gasteiger charge is 2.47. The van der Waals surface area contributed by atoms with Crippen molar-refractivity contribution >= 4 is 23.1 Å². The standard InChI is InChI=1S/C30H31NO6/c1-17(2)37-23-9-7-8-20(15-23)27-26(28(32)24-11-10-22(35-5)16-25(24)36-6)29(33)30(34)31(27)21-13-18(3)12-19(4)14-21/h7-17,27,32H,1-6H3/b28-26+. The first kappa shape index (κ1) is 25.8. The van der Waals surface area contributed by atoms with Crippen molar-refractivity contribution < 1.29 is 28.9 Å². The zero-order chi connectivity index (χ0) is 26.9. The Morgan fingerprint density at radius 2 is 1.59 bits per heavy atom. The fourth-order valence-electron chi connectivity index (χ4n) is 4.67. The number of ether oxygens (including phenoxy) is 3. The molecule has 192 valence electrons. The second kappa shape index (κ2) is 10.4. The zero-order valence-electron chi connectivity index (χ0n) is 21.9. The highest BCUT2D eigenvalue weighted by Crippen LogP contribution is 2.44. The van der Waals surface area contributed by atoms with Gasteiger partial charge in [-0.1, -0.05) is 18.2 Å². The molecule has 4 rings (SSSR count). The van der Waals surface area contributed by atoms with E-state index in [1.165, 1.54) is 19.1 Å². The van der Waals surface area contributed by atoms with Crippen molar-refractivity contribution in [3.05, 3.63) is 88.5 Å². The van der Waals surface area contributed by atoms with Crippen molar-refractivity contribution in [1.82, 2.24) is 0 Å². The summed E-state index contributed by atoms with van der Waals surface area (Å²) in [5.74, 6) is -0.399. The molecule has 3 aromatic rings. The van der Waals surface area contributed by atoms with Crippen LogP contribution in [0.1, 0.15) is 42.1 Å². The van der Waals surface area contributed by atoms with Gasteiger partial charge >= 0.3 is 0 Å². The van der Waals surface area contributed by atoms with Crippen LogP contribution in [-0.4, -0.2) is 37.1 Å². The molecule has 0 aliphatic carbocycles. The van der Waals surface area contributed by atoms with Crippen LogP contribution in [0.25, 0.3) is 5.76 Å². The lowest BCUT2D eigenvalue weighted by Gasteiger charge is -2.26. The minimum absolute atomic E-state index is 0.0330. The third kappa shape index (κ3) is 5.03. The molecule has 1 amide bonds. The molecule has 37 heavy (non-hydrogen) atoms. The number of hydrogen-bond donors (Lipinski definition) is 1. The molecule has 1 unspecified atom stereocenters. The molecule has 1 aliphatic heterocycles. The number of anilines is 1. The van der Waals surface area contributed by atoms with Crippen molar-refractivity contribution in [1.29, 1.82) is 0 Å². The number of benzene rings is 3. The van der Waals surface area contributed by atoms with Gasteiger partial charge in [-0.05, 0) is 80.8 Å². The number of rotatable bonds is 7. The third-order valence-electron chi connectivity index (χ3n) is 6.14. The van der Waals surface area contributed by atoms with Crippen LogP contribution < -0.4 is 19.1 Å². The molecule has 0 radical (unpaired) electrons. The first-order valence-corrected chi connectivity index (χ1v) is 12.0. The van der Waals surface area contributed by atoms with E-state index < -0.39 is 17.7 Å². The molecular weight excluding hydrogens is 470 g/mol. The fraction of sp³-hybridized carbons (Fsp3) is 0.267. The van der Waals surface area contributed by atoms with Gasteiger partial charge in [-0.3, -0.25) is 14.5 Å². The van der Waals surface area contributed by atoms with Crippen molar-refractivity contribution in [2.75, 3.05) is 19.1 Å². The zero-order valence-corrected chi connectivity index (χ0v) is 21.9. The van der Waals surface area contributed by atoms with Crippen molar-refractivity contribution in [2.24, 2.45) is 0 Å². The van der Waals surface area contributed by atoms with E-state index >= 15 is 0 Å². The van der Waals surface area contributed by atoms with Gasteiger partial charge in [0, 0.05) is 11.8 Å². The van der Waals surface area contributed by atoms with Crippen molar-refractivity contribution in [3.63, 3.8) is 0 Å². The van der Waals surface area contributed by atoms with Crippen LogP contribution in [0.2, 0.25) is 0 Å². The van der Waals surface area contributed by atoms with E-state index in [1.807, 2.05) is 64.1 Å². The van der Waals surface area contributed by atoms with Gasteiger partial charge in [-0.2, -0.15) is 0 Å². The molecule has 7 nitrogen and oxygen atoms in total. The first-order valence-electron chi connectivity index (χ1n) is 12.0. The molecule has 1 N–H and O–H groups in total. The molecule has 0 aromatic heterocycles. The third-order valence-corrected chi connectivity index (χ3v) is 6.14. The highest BCUT2D eigenvalue weighted by atomic mass is 16.5. The molecule has 0 saturated carbocycles. The topological polar surface area (TPSA) is 85.3 Å². The molecule has 1 atom stereocenters. The molecule has 1 saturated heterocycles. The van der Waals surface area contributed by atoms with E-state index in [4.69, 9.17) is 14.2 Å². The van der Waals surface area contributed by atoms with Crippen LogP contribution in [0, 0.1) is 13.8 Å². The number of Topliss-reactive ketones (excluding diaryl/α,β-unsaturated/α-hetero) is 1. The predicted octanol–water partition coefficient (Wildman–Crippen LogP) is 5.73. The Kier molecular flexibility index (Phi) is 7.25. The number of ketones is 1. The van der Waals surface area contributed by atoms with E-state index in [2.05, 4.69) is 0 Å². The van der Waals surface area contributed by atoms with Gasteiger partial charge in [0.25, 0.3) is 11.7 Å². The van der Waals surface area contributed by atoms with Gasteiger partial charge < -0.3 is 19.3 Å². The largest absolute Gasteiger partial charge is 0.507 e. The lowest BCUT2D eigenvalue weighted by Crippen LogP contribution is -2.29. The number of aliphatic hydroxyl groups is 1. The molecule has 1 aliphatic rings. The number of methoxy groups -OCH3 is 2. The average Bonchev–Trinajstić information content (AvgIpc) is 3.12. The summed E-state index contributed by atoms with van der Waals surface area (Å²) in [6.07, 6.45) is -0.0652. The van der Waals surface area contributed by atoms with Crippen LogP contribution in [-0.2, 0) is 9.59 Å². The quantitative estimate of drug-likeness (QED) is 0.253. The number of nitrogens with zero attached hydrogens (tertiary/aromatic N) is 1. The molecule has 1 fully saturated rings. The predicted molar refractivity (Wildman–Crippen MR) is 142 cm³/mol. The van der Waals surface area contributed by atoms with E-state index in [-0.39, 0.29) is 23.0 Å². The Hall–Kier alpha value is -4.26. The fourth-order valence-corrected chi connectivity index (χ4v) is 4.67. The molecule has 1 heterocycles. The Morgan fingerprint density at radius 1 is 0.892 bits per heavy atom. The molecule has 0 bridgehead atoms. The van der Waals surface area contributed by atoms with Gasteiger partial charge in [0.05, 0.1) is 37.5 Å². The summed E-state index contributed by atoms with van der Waals surface area (Å²) in [5.41, 5.74) is 3.34. The van der Waals surface area contributed by atoms with Crippen LogP contribution >= 0.6 is 0 Å². The van der Waals surface area contributed by atoms with E-state index in [1.54, 1.807) is 24.3 Å². The number of aryl methyl sites for hydroxylation is 2. The van der Waals surface area contributed by atoms with E-state index in [0.29, 0.717) is 28.5 Å². The van der Waals surface area contributed by atoms with Crippen LogP contribution in [0.3, 0.4) is 0 Å². The summed E-state index contributed by atoms with van der Waals surface area (Å²) in [4.78, 5) is 28.5. The van der Waals surface area contributed by atoms with E-state index in [0.717, 1.165) is 11.1 Å². The minimum Gasteiger partial charge on any atom is -0.507 e. The maximum Gasteiger partial charge on any atom is 0.300 e. The van der Waals surface area contributed by atoms with Crippen LogP contribution in [0.5, 0.6) is 17.2 Å². The lowest BCUT2D eigenvalue weighted by atomic mass is 9.94. The second-order valence-corrected chi connectivity index (χ2v) is 9.32. The van der Waals surface area contributed by atoms with Gasteiger partial charge in [0.2, 0.25) is 0 Å². The van der Waals surface area contributed by atoms with Crippen LogP contribution in [0.4, 0.5) is 5.69 Å². The first-order chi connectivity index (χ1) is 17.6. The summed E-state index contributed by atoms with van der Waals surface area (Å²) < 4.78 is 16.6. The number of carbonyl (C=O) groups is 2. The maximum atomic E-state index is 13.5. The van der Waals surface area contributed by atoms with Gasteiger partial charge in [-0.15, -0.1) is 0 Å². The number of hydrogen-bond acceptors (Lipinski definition) is 6. The normalized spacial score (nSPS) is 16.8. The lowest BCUT2D eigenvalue weighted by molar-refractivity contribution is -0.132. The number of carbonyl (C=O) groups excluding carboxylic acids is 2. The minimum atomic E-state index is -0.885. The monoisotopic (exact) mass is 501 g/mol. The van der Waals surface area contributed by atoms with Crippen molar-refractivity contribution in [2.45, 2.75) is 39.8 Å². The van der Waals surface area contributed by atoms with Crippen molar-refractivity contribution in [3.8, 4) is 17.2 Å². The number of aliphatic hydroxyl groups excluding tert-OH is 1. The molecular formula is C30H31NO6. The molecule has 0 spiro atoms. The Balaban J connectivity index is 1.98. The molecule has 7 heteroatoms. The Morgan fingerprint density at radius 3 is 2.22 bits per heavy atom. The average molecular weight is 502 g/mol. The van der Waals surface area contributed by atoms with Gasteiger partial charge in [-0.25, -0.2) is 0 Å². The van der Waals surface area contributed by atoms with Gasteiger partial charge in [0.1, 0.15) is 23.0 Å². The Bertz CT molecular complexity index is 1370. The van der Waals surface area contributed by atoms with Crippen LogP contribution in [0.15, 0.2) is 66.2 Å². The van der Waals surface area contributed by atoms with E-state index in [9.17, 15) is 14.7 Å². The summed E-state index contributed by atoms with van der Waals surface area (Å²) in [5, 5.41) is 11.5.